The van der Waals surface area contributed by atoms with Crippen molar-refractivity contribution in [2.24, 2.45) is 0 Å². The molecule has 110 valence electrons. The molecule has 0 amide bonds. The summed E-state index contributed by atoms with van der Waals surface area (Å²) >= 11 is 1.64. The molecule has 5 nitrogen and oxygen atoms in total. The molecule has 20 heavy (non-hydrogen) atoms. The maximum Gasteiger partial charge on any atom is 0.183 e. The first-order valence-electron chi connectivity index (χ1n) is 6.76. The van der Waals surface area contributed by atoms with E-state index in [2.05, 4.69) is 10.3 Å². The quantitative estimate of drug-likeness (QED) is 0.550. The van der Waals surface area contributed by atoms with Gasteiger partial charge >= 0.3 is 0 Å². The zero-order valence-corrected chi connectivity index (χ0v) is 12.5. The highest BCUT2D eigenvalue weighted by atomic mass is 32.1. The molecule has 0 aliphatic heterocycles. The number of nitrogens with two attached hydrogens (primary N) is 1. The van der Waals surface area contributed by atoms with Gasteiger partial charge in [-0.2, -0.15) is 0 Å². The van der Waals surface area contributed by atoms with Crippen LogP contribution in [-0.4, -0.2) is 38.5 Å². The molecule has 1 heterocycles. The average Bonchev–Trinajstić information content (AvgIpc) is 2.83. The zero-order chi connectivity index (χ0) is 14.2. The van der Waals surface area contributed by atoms with Gasteiger partial charge in [0.15, 0.2) is 5.13 Å². The van der Waals surface area contributed by atoms with Crippen LogP contribution in [0, 0.1) is 0 Å². The fraction of sp³-hybridized carbons (Fsp3) is 0.500. The molecule has 2 rings (SSSR count). The number of unbranched alkanes of at least 4 members (excludes halogenated alkanes) is 1. The minimum Gasteiger partial charge on any atom is -0.399 e. The van der Waals surface area contributed by atoms with Crippen molar-refractivity contribution in [1.82, 2.24) is 4.98 Å². The number of rotatable bonds is 9. The van der Waals surface area contributed by atoms with Crippen molar-refractivity contribution >= 4 is 32.4 Å². The number of aromatic nitrogens is 1. The number of ether oxygens (including phenoxy) is 2. The lowest BCUT2D eigenvalue weighted by atomic mass is 10.3. The number of benzene rings is 1. The maximum absolute atomic E-state index is 5.76. The fourth-order valence-electron chi connectivity index (χ4n) is 1.79. The minimum absolute atomic E-state index is 0.660. The Hall–Kier alpha value is -1.37. The Labute approximate surface area is 123 Å². The molecule has 0 saturated heterocycles. The molecule has 2 aromatic rings. The summed E-state index contributed by atoms with van der Waals surface area (Å²) in [5.41, 5.74) is 7.53. The predicted molar refractivity (Wildman–Crippen MR) is 84.5 cm³/mol. The Bertz CT molecular complexity index is 530. The largest absolute Gasteiger partial charge is 0.399 e. The fourth-order valence-corrected chi connectivity index (χ4v) is 2.73. The number of nitrogen functional groups attached to an aromatic ring is 1. The minimum atomic E-state index is 0.660. The van der Waals surface area contributed by atoms with E-state index in [1.807, 2.05) is 18.2 Å². The monoisotopic (exact) mass is 295 g/mol. The Morgan fingerprint density at radius 2 is 2.15 bits per heavy atom. The number of nitrogens with one attached hydrogen (secondary N) is 1. The van der Waals surface area contributed by atoms with Gasteiger partial charge in [-0.1, -0.05) is 11.3 Å². The Balaban J connectivity index is 1.65. The first kappa shape index (κ1) is 15.0. The van der Waals surface area contributed by atoms with Gasteiger partial charge < -0.3 is 20.5 Å². The molecular weight excluding hydrogens is 274 g/mol. The zero-order valence-electron chi connectivity index (χ0n) is 11.7. The molecule has 1 aromatic heterocycles. The van der Waals surface area contributed by atoms with Gasteiger partial charge in [0.1, 0.15) is 0 Å². The molecule has 0 radical (unpaired) electrons. The van der Waals surface area contributed by atoms with E-state index in [-0.39, 0.29) is 0 Å². The summed E-state index contributed by atoms with van der Waals surface area (Å²) in [6, 6.07) is 5.79. The van der Waals surface area contributed by atoms with Crippen molar-refractivity contribution in [2.75, 3.05) is 44.5 Å². The van der Waals surface area contributed by atoms with E-state index < -0.39 is 0 Å². The van der Waals surface area contributed by atoms with Crippen LogP contribution in [0.1, 0.15) is 12.8 Å². The summed E-state index contributed by atoms with van der Waals surface area (Å²) < 4.78 is 11.4. The van der Waals surface area contributed by atoms with Crippen molar-refractivity contribution in [1.29, 1.82) is 0 Å². The summed E-state index contributed by atoms with van der Waals surface area (Å²) in [4.78, 5) is 4.52. The number of fused-ring (bicyclic) bond motifs is 1. The summed E-state index contributed by atoms with van der Waals surface area (Å²) in [6.07, 6.45) is 2.10. The van der Waals surface area contributed by atoms with Crippen LogP contribution in [0.5, 0.6) is 0 Å². The van der Waals surface area contributed by atoms with E-state index in [0.29, 0.717) is 13.2 Å². The topological polar surface area (TPSA) is 69.4 Å². The van der Waals surface area contributed by atoms with E-state index in [1.165, 1.54) is 0 Å². The maximum atomic E-state index is 5.76. The van der Waals surface area contributed by atoms with E-state index >= 15 is 0 Å². The second-order valence-electron chi connectivity index (χ2n) is 4.49. The van der Waals surface area contributed by atoms with E-state index in [0.717, 1.165) is 47.0 Å². The Kier molecular flexibility index (Phi) is 6.04. The van der Waals surface area contributed by atoms with Gasteiger partial charge in [0.2, 0.25) is 0 Å². The van der Waals surface area contributed by atoms with Crippen LogP contribution in [0.25, 0.3) is 10.2 Å². The van der Waals surface area contributed by atoms with Crippen LogP contribution in [-0.2, 0) is 9.47 Å². The molecule has 3 N–H and O–H groups in total. The number of thiazole rings is 1. The Morgan fingerprint density at radius 1 is 1.25 bits per heavy atom. The van der Waals surface area contributed by atoms with Crippen molar-refractivity contribution < 1.29 is 9.47 Å². The predicted octanol–water partition coefficient (Wildman–Crippen LogP) is 2.73. The number of hydrogen-bond donors (Lipinski definition) is 2. The molecule has 0 bridgehead atoms. The molecule has 0 fully saturated rings. The molecule has 0 unspecified atom stereocenters. The third-order valence-electron chi connectivity index (χ3n) is 2.84. The first-order valence-corrected chi connectivity index (χ1v) is 7.58. The molecule has 0 aliphatic carbocycles. The van der Waals surface area contributed by atoms with Crippen LogP contribution in [0.3, 0.4) is 0 Å². The molecule has 0 saturated carbocycles. The Morgan fingerprint density at radius 3 is 3.00 bits per heavy atom. The van der Waals surface area contributed by atoms with Gasteiger partial charge in [-0.25, -0.2) is 4.98 Å². The van der Waals surface area contributed by atoms with Gasteiger partial charge in [-0.05, 0) is 31.0 Å². The van der Waals surface area contributed by atoms with Crippen molar-refractivity contribution in [3.05, 3.63) is 18.2 Å². The number of nitrogens with zero attached hydrogens (tertiary/aromatic N) is 1. The second-order valence-corrected chi connectivity index (χ2v) is 5.52. The smallest absolute Gasteiger partial charge is 0.183 e. The standard InChI is InChI=1S/C14H21N3O2S/c1-18-8-9-19-7-3-2-6-16-14-17-12-5-4-11(15)10-13(12)20-14/h4-5,10H,2-3,6-9,15H2,1H3,(H,16,17). The summed E-state index contributed by atoms with van der Waals surface area (Å²) in [6.45, 7) is 3.01. The van der Waals surface area contributed by atoms with Gasteiger partial charge in [0.05, 0.1) is 23.4 Å². The summed E-state index contributed by atoms with van der Waals surface area (Å²) in [7, 11) is 1.68. The summed E-state index contributed by atoms with van der Waals surface area (Å²) in [5, 5.41) is 4.29. The molecule has 0 spiro atoms. The SMILES string of the molecule is COCCOCCCCNc1nc2ccc(N)cc2s1. The number of hydrogen-bond acceptors (Lipinski definition) is 6. The van der Waals surface area contributed by atoms with E-state index in [1.54, 1.807) is 18.4 Å². The van der Waals surface area contributed by atoms with E-state index in [9.17, 15) is 0 Å². The molecular formula is C14H21N3O2S. The molecule has 0 aliphatic rings. The summed E-state index contributed by atoms with van der Waals surface area (Å²) in [5.74, 6) is 0. The average molecular weight is 295 g/mol. The molecule has 1 aromatic carbocycles. The lowest BCUT2D eigenvalue weighted by molar-refractivity contribution is 0.0691. The molecule has 6 heteroatoms. The lowest BCUT2D eigenvalue weighted by Crippen LogP contribution is -2.06. The van der Waals surface area contributed by atoms with Crippen LogP contribution in [0.15, 0.2) is 18.2 Å². The number of methoxy groups -OCH3 is 1. The third-order valence-corrected chi connectivity index (χ3v) is 3.81. The molecule has 0 atom stereocenters. The van der Waals surface area contributed by atoms with Crippen LogP contribution in [0.2, 0.25) is 0 Å². The van der Waals surface area contributed by atoms with Crippen molar-refractivity contribution in [3.63, 3.8) is 0 Å². The van der Waals surface area contributed by atoms with Crippen LogP contribution >= 0.6 is 11.3 Å². The number of anilines is 2. The van der Waals surface area contributed by atoms with E-state index in [4.69, 9.17) is 15.2 Å². The van der Waals surface area contributed by atoms with Gasteiger partial charge in [0, 0.05) is 25.9 Å². The lowest BCUT2D eigenvalue weighted by Gasteiger charge is -2.04. The second kappa shape index (κ2) is 8.04. The highest BCUT2D eigenvalue weighted by molar-refractivity contribution is 7.22. The van der Waals surface area contributed by atoms with Crippen molar-refractivity contribution in [3.8, 4) is 0 Å². The van der Waals surface area contributed by atoms with Crippen LogP contribution in [0.4, 0.5) is 10.8 Å². The normalized spacial score (nSPS) is 11.1. The van der Waals surface area contributed by atoms with Crippen molar-refractivity contribution in [2.45, 2.75) is 12.8 Å². The van der Waals surface area contributed by atoms with Gasteiger partial charge in [-0.3, -0.25) is 0 Å². The third kappa shape index (κ3) is 4.63. The van der Waals surface area contributed by atoms with Gasteiger partial charge in [0.25, 0.3) is 0 Å². The highest BCUT2D eigenvalue weighted by Gasteiger charge is 2.03. The van der Waals surface area contributed by atoms with Gasteiger partial charge in [-0.15, -0.1) is 0 Å². The highest BCUT2D eigenvalue weighted by Crippen LogP contribution is 2.27. The van der Waals surface area contributed by atoms with Crippen LogP contribution < -0.4 is 11.1 Å². The first-order chi connectivity index (χ1) is 9.79.